The Balaban J connectivity index is 1.41. The van der Waals surface area contributed by atoms with Crippen LogP contribution in [-0.2, 0) is 4.74 Å². The van der Waals surface area contributed by atoms with Gasteiger partial charge in [0.2, 0.25) is 0 Å². The molecule has 0 aliphatic carbocycles. The van der Waals surface area contributed by atoms with Gasteiger partial charge in [-0.2, -0.15) is 0 Å². The molecule has 1 spiro atoms. The van der Waals surface area contributed by atoms with Crippen LogP contribution in [0.25, 0.3) is 0 Å². The van der Waals surface area contributed by atoms with Crippen LogP contribution in [0.4, 0.5) is 0 Å². The lowest BCUT2D eigenvalue weighted by molar-refractivity contribution is -0.147. The number of piperidine rings is 1. The fourth-order valence-corrected chi connectivity index (χ4v) is 5.56. The summed E-state index contributed by atoms with van der Waals surface area (Å²) in [5.74, 6) is 1.26. The molecule has 5 rings (SSSR count). The number of ether oxygens (including phenoxy) is 2. The second kappa shape index (κ2) is 6.76. The van der Waals surface area contributed by atoms with Gasteiger partial charge in [0.05, 0.1) is 17.8 Å². The molecular formula is C20H21ClN2O3S. The molecule has 2 atom stereocenters. The number of nitrogens with zero attached hydrogens (tertiary/aromatic N) is 2. The molecular weight excluding hydrogens is 384 g/mol. The number of hydrogen-bond donors (Lipinski definition) is 0. The summed E-state index contributed by atoms with van der Waals surface area (Å²) in [6.45, 7) is 2.17. The summed E-state index contributed by atoms with van der Waals surface area (Å²) in [5, 5.41) is 0.714. The predicted molar refractivity (Wildman–Crippen MR) is 103 cm³/mol. The first kappa shape index (κ1) is 17.5. The van der Waals surface area contributed by atoms with E-state index in [-0.39, 0.29) is 17.6 Å². The van der Waals surface area contributed by atoms with E-state index in [4.69, 9.17) is 21.1 Å². The van der Waals surface area contributed by atoms with Crippen LogP contribution in [0.5, 0.6) is 5.75 Å². The van der Waals surface area contributed by atoms with E-state index >= 15 is 0 Å². The Labute approximate surface area is 167 Å². The highest BCUT2D eigenvalue weighted by Crippen LogP contribution is 2.53. The lowest BCUT2D eigenvalue weighted by atomic mass is 9.70. The van der Waals surface area contributed by atoms with Crippen LogP contribution in [-0.4, -0.2) is 41.1 Å². The van der Waals surface area contributed by atoms with Crippen LogP contribution in [0, 0.1) is 5.92 Å². The molecule has 0 saturated carbocycles. The highest BCUT2D eigenvalue weighted by molar-refractivity contribution is 7.11. The van der Waals surface area contributed by atoms with E-state index in [0.717, 1.165) is 43.6 Å². The molecule has 0 unspecified atom stereocenters. The van der Waals surface area contributed by atoms with Gasteiger partial charge in [-0.05, 0) is 31.0 Å². The third-order valence-corrected chi connectivity index (χ3v) is 7.13. The second-order valence-electron chi connectivity index (χ2n) is 7.55. The summed E-state index contributed by atoms with van der Waals surface area (Å²) in [4.78, 5) is 19.3. The van der Waals surface area contributed by atoms with Crippen molar-refractivity contribution in [2.45, 2.75) is 37.4 Å². The van der Waals surface area contributed by atoms with Gasteiger partial charge >= 0.3 is 0 Å². The number of aromatic nitrogens is 1. The predicted octanol–water partition coefficient (Wildman–Crippen LogP) is 4.33. The molecule has 5 nitrogen and oxygen atoms in total. The number of benzene rings is 1. The normalized spacial score (nSPS) is 26.2. The standard InChI is InChI=1S/C20H21ClN2O3S/c21-13-3-4-16-14(10-13)18-15(2-1-9-25-18)20(26-16)5-7-23(8-6-20)19(24)17-11-22-12-27-17/h3-4,10-12,15,18H,1-2,5-9H2/t15-,18+/m0/s1. The van der Waals surface area contributed by atoms with E-state index in [9.17, 15) is 4.79 Å². The van der Waals surface area contributed by atoms with Gasteiger partial charge in [-0.1, -0.05) is 11.6 Å². The zero-order valence-electron chi connectivity index (χ0n) is 14.9. The quantitative estimate of drug-likeness (QED) is 0.709. The Bertz CT molecular complexity index is 849. The highest BCUT2D eigenvalue weighted by atomic mass is 35.5. The maximum atomic E-state index is 12.7. The van der Waals surface area contributed by atoms with Crippen LogP contribution in [0.15, 0.2) is 29.9 Å². The Kier molecular flexibility index (Phi) is 4.37. The number of carbonyl (C=O) groups is 1. The van der Waals surface area contributed by atoms with Gasteiger partial charge in [0.1, 0.15) is 16.2 Å². The highest BCUT2D eigenvalue weighted by Gasteiger charge is 2.52. The Morgan fingerprint density at radius 1 is 1.33 bits per heavy atom. The van der Waals surface area contributed by atoms with Gasteiger partial charge in [-0.25, -0.2) is 0 Å². The van der Waals surface area contributed by atoms with Crippen LogP contribution in [0.2, 0.25) is 5.02 Å². The summed E-state index contributed by atoms with van der Waals surface area (Å²) in [7, 11) is 0. The van der Waals surface area contributed by atoms with E-state index in [0.29, 0.717) is 28.9 Å². The maximum absolute atomic E-state index is 12.7. The smallest absolute Gasteiger partial charge is 0.265 e. The first-order valence-corrected chi connectivity index (χ1v) is 10.7. The van der Waals surface area contributed by atoms with Crippen molar-refractivity contribution in [2.24, 2.45) is 5.92 Å². The van der Waals surface area contributed by atoms with Crippen molar-refractivity contribution in [3.8, 4) is 5.75 Å². The molecule has 1 aromatic heterocycles. The zero-order chi connectivity index (χ0) is 18.4. The van der Waals surface area contributed by atoms with Gasteiger partial charge in [-0.3, -0.25) is 9.78 Å². The van der Waals surface area contributed by atoms with Crippen molar-refractivity contribution in [1.29, 1.82) is 0 Å². The Morgan fingerprint density at radius 3 is 2.96 bits per heavy atom. The first-order chi connectivity index (χ1) is 13.2. The number of amides is 1. The van der Waals surface area contributed by atoms with Crippen molar-refractivity contribution >= 4 is 28.8 Å². The van der Waals surface area contributed by atoms with Crippen LogP contribution < -0.4 is 4.74 Å². The summed E-state index contributed by atoms with van der Waals surface area (Å²) in [6.07, 6.45) is 5.46. The number of fused-ring (bicyclic) bond motifs is 4. The monoisotopic (exact) mass is 404 g/mol. The average molecular weight is 405 g/mol. The Morgan fingerprint density at radius 2 is 2.19 bits per heavy atom. The number of likely N-dealkylation sites (tertiary alicyclic amines) is 1. The minimum absolute atomic E-state index is 0.0324. The number of thiazole rings is 1. The van der Waals surface area contributed by atoms with Gasteiger partial charge in [0.25, 0.3) is 5.91 Å². The van der Waals surface area contributed by atoms with E-state index in [1.54, 1.807) is 11.7 Å². The lowest BCUT2D eigenvalue weighted by Crippen LogP contribution is -2.57. The topological polar surface area (TPSA) is 51.7 Å². The average Bonchev–Trinajstić information content (AvgIpc) is 3.24. The summed E-state index contributed by atoms with van der Waals surface area (Å²) in [6, 6.07) is 5.82. The van der Waals surface area contributed by atoms with Crippen LogP contribution in [0.1, 0.15) is 47.0 Å². The molecule has 1 amide bonds. The number of carbonyl (C=O) groups excluding carboxylic acids is 1. The fraction of sp³-hybridized carbons (Fsp3) is 0.500. The molecule has 7 heteroatoms. The molecule has 3 aliphatic rings. The fourth-order valence-electron chi connectivity index (χ4n) is 4.79. The molecule has 0 radical (unpaired) electrons. The molecule has 4 heterocycles. The number of rotatable bonds is 1. The van der Waals surface area contributed by atoms with E-state index in [1.807, 2.05) is 23.1 Å². The molecule has 2 saturated heterocycles. The van der Waals surface area contributed by atoms with E-state index < -0.39 is 0 Å². The van der Waals surface area contributed by atoms with Gasteiger partial charge in [-0.15, -0.1) is 11.3 Å². The maximum Gasteiger partial charge on any atom is 0.265 e. The third-order valence-electron chi connectivity index (χ3n) is 6.13. The van der Waals surface area contributed by atoms with Gasteiger partial charge in [0.15, 0.2) is 0 Å². The van der Waals surface area contributed by atoms with Crippen molar-refractivity contribution in [2.75, 3.05) is 19.7 Å². The summed E-state index contributed by atoms with van der Waals surface area (Å²) in [5.41, 5.74) is 2.51. The second-order valence-corrected chi connectivity index (χ2v) is 8.87. The molecule has 3 aliphatic heterocycles. The molecule has 142 valence electrons. The first-order valence-electron chi connectivity index (χ1n) is 9.44. The van der Waals surface area contributed by atoms with E-state index in [1.165, 1.54) is 11.3 Å². The van der Waals surface area contributed by atoms with Crippen molar-refractivity contribution < 1.29 is 14.3 Å². The Hall–Kier alpha value is -1.63. The molecule has 0 N–H and O–H groups in total. The number of halogens is 1. The van der Waals surface area contributed by atoms with Crippen LogP contribution in [0.3, 0.4) is 0 Å². The minimum Gasteiger partial charge on any atom is -0.486 e. The van der Waals surface area contributed by atoms with Gasteiger partial charge < -0.3 is 14.4 Å². The van der Waals surface area contributed by atoms with Crippen molar-refractivity contribution in [3.63, 3.8) is 0 Å². The van der Waals surface area contributed by atoms with Crippen molar-refractivity contribution in [3.05, 3.63) is 45.4 Å². The SMILES string of the molecule is O=C(c1cncs1)N1CCC2(CC1)Oc1ccc(Cl)cc1[C@H]1OCCC[C@@H]12. The number of hydrogen-bond acceptors (Lipinski definition) is 5. The lowest BCUT2D eigenvalue weighted by Gasteiger charge is -2.53. The van der Waals surface area contributed by atoms with Gasteiger partial charge in [0, 0.05) is 49.0 Å². The molecule has 27 heavy (non-hydrogen) atoms. The third kappa shape index (κ3) is 2.94. The van der Waals surface area contributed by atoms with Crippen LogP contribution >= 0.6 is 22.9 Å². The summed E-state index contributed by atoms with van der Waals surface area (Å²) < 4.78 is 12.8. The molecule has 2 aromatic rings. The zero-order valence-corrected chi connectivity index (χ0v) is 16.5. The largest absolute Gasteiger partial charge is 0.486 e. The minimum atomic E-state index is -0.267. The summed E-state index contributed by atoms with van der Waals surface area (Å²) >= 11 is 7.62. The molecule has 2 fully saturated rings. The molecule has 0 bridgehead atoms. The van der Waals surface area contributed by atoms with Crippen molar-refractivity contribution in [1.82, 2.24) is 9.88 Å². The molecule has 1 aromatic carbocycles. The van der Waals surface area contributed by atoms with E-state index in [2.05, 4.69) is 4.98 Å².